The maximum atomic E-state index is 12.7. The maximum absolute atomic E-state index is 12.7. The van der Waals surface area contributed by atoms with Gasteiger partial charge < -0.3 is 10.6 Å². The molecule has 0 heterocycles. The molecular weight excluding hydrogens is 428 g/mol. The van der Waals surface area contributed by atoms with Crippen LogP contribution in [0.25, 0.3) is 0 Å². The molecule has 1 unspecified atom stereocenters. The van der Waals surface area contributed by atoms with Gasteiger partial charge in [-0.05, 0) is 73.9 Å². The lowest BCUT2D eigenvalue weighted by Gasteiger charge is -2.15. The van der Waals surface area contributed by atoms with Crippen molar-refractivity contribution in [2.24, 2.45) is 0 Å². The molecule has 0 radical (unpaired) electrons. The first-order valence-corrected chi connectivity index (χ1v) is 11.3. The number of carbonyl (C=O) groups is 2. The summed E-state index contributed by atoms with van der Waals surface area (Å²) in [6, 6.07) is 20.6. The van der Waals surface area contributed by atoms with E-state index in [-0.39, 0.29) is 23.5 Å². The Morgan fingerprint density at radius 2 is 1.68 bits per heavy atom. The minimum absolute atomic E-state index is 0.0594. The van der Waals surface area contributed by atoms with Crippen molar-refractivity contribution in [2.75, 3.05) is 10.6 Å². The topological polar surface area (TPSA) is 58.2 Å². The second kappa shape index (κ2) is 10.5. The van der Waals surface area contributed by atoms with Crippen LogP contribution in [0, 0.1) is 13.8 Å². The number of carbonyl (C=O) groups excluding carboxylic acids is 2. The number of amides is 2. The number of benzene rings is 3. The van der Waals surface area contributed by atoms with Crippen LogP contribution in [-0.4, -0.2) is 17.1 Å². The Kier molecular flexibility index (Phi) is 7.77. The molecule has 3 aromatic carbocycles. The molecule has 31 heavy (non-hydrogen) atoms. The number of thioether (sulfide) groups is 1. The van der Waals surface area contributed by atoms with E-state index in [2.05, 4.69) is 10.6 Å². The van der Waals surface area contributed by atoms with Gasteiger partial charge in [0.2, 0.25) is 11.8 Å². The Morgan fingerprint density at radius 3 is 2.42 bits per heavy atom. The van der Waals surface area contributed by atoms with Gasteiger partial charge in [0.05, 0.1) is 11.7 Å². The molecule has 3 aromatic rings. The fourth-order valence-electron chi connectivity index (χ4n) is 3.02. The van der Waals surface area contributed by atoms with E-state index in [1.807, 2.05) is 75.4 Å². The van der Waals surface area contributed by atoms with Gasteiger partial charge in [0.1, 0.15) is 0 Å². The molecule has 0 spiro atoms. The third kappa shape index (κ3) is 6.61. The van der Waals surface area contributed by atoms with Crippen molar-refractivity contribution in [2.45, 2.75) is 37.3 Å². The SMILES string of the molecule is Cc1cccc(NC(=O)C(C)Sc2cccc(NC(=O)Cc3ccc(Cl)cc3)c2)c1C. The zero-order valence-electron chi connectivity index (χ0n) is 17.7. The average Bonchev–Trinajstić information content (AvgIpc) is 2.73. The summed E-state index contributed by atoms with van der Waals surface area (Å²) >= 11 is 7.34. The Morgan fingerprint density at radius 1 is 0.968 bits per heavy atom. The third-order valence-corrected chi connectivity index (χ3v) is 6.29. The summed E-state index contributed by atoms with van der Waals surface area (Å²) in [6.45, 7) is 5.89. The Hall–Kier alpha value is -2.76. The zero-order chi connectivity index (χ0) is 22.4. The predicted molar refractivity (Wildman–Crippen MR) is 130 cm³/mol. The van der Waals surface area contributed by atoms with Crippen LogP contribution in [0.3, 0.4) is 0 Å². The van der Waals surface area contributed by atoms with Crippen LogP contribution in [0.4, 0.5) is 11.4 Å². The van der Waals surface area contributed by atoms with Gasteiger partial charge >= 0.3 is 0 Å². The van der Waals surface area contributed by atoms with E-state index in [1.54, 1.807) is 12.1 Å². The largest absolute Gasteiger partial charge is 0.326 e. The molecular formula is C25H25ClN2O2S. The average molecular weight is 453 g/mol. The number of hydrogen-bond acceptors (Lipinski definition) is 3. The molecule has 0 aliphatic heterocycles. The van der Waals surface area contributed by atoms with E-state index in [0.717, 1.165) is 27.3 Å². The van der Waals surface area contributed by atoms with Gasteiger partial charge in [-0.25, -0.2) is 0 Å². The number of aryl methyl sites for hydroxylation is 1. The Labute approximate surface area is 192 Å². The van der Waals surface area contributed by atoms with E-state index < -0.39 is 0 Å². The molecule has 2 amide bonds. The molecule has 0 aliphatic rings. The molecule has 160 valence electrons. The molecule has 0 aliphatic carbocycles. The summed E-state index contributed by atoms with van der Waals surface area (Å²) in [5.74, 6) is -0.166. The third-order valence-electron chi connectivity index (χ3n) is 4.94. The van der Waals surface area contributed by atoms with Crippen molar-refractivity contribution in [3.8, 4) is 0 Å². The second-order valence-electron chi connectivity index (χ2n) is 7.38. The highest BCUT2D eigenvalue weighted by Crippen LogP contribution is 2.27. The molecule has 0 bridgehead atoms. The molecule has 0 aromatic heterocycles. The van der Waals surface area contributed by atoms with Crippen LogP contribution < -0.4 is 10.6 Å². The minimum Gasteiger partial charge on any atom is -0.326 e. The van der Waals surface area contributed by atoms with Crippen LogP contribution in [0.1, 0.15) is 23.6 Å². The molecule has 6 heteroatoms. The highest BCUT2D eigenvalue weighted by atomic mass is 35.5. The van der Waals surface area contributed by atoms with Gasteiger partial charge in [-0.2, -0.15) is 0 Å². The molecule has 4 nitrogen and oxygen atoms in total. The van der Waals surface area contributed by atoms with Crippen LogP contribution in [0.15, 0.2) is 71.6 Å². The molecule has 3 rings (SSSR count). The van der Waals surface area contributed by atoms with Gasteiger partial charge in [0.15, 0.2) is 0 Å². The first kappa shape index (κ1) is 22.9. The summed E-state index contributed by atoms with van der Waals surface area (Å²) in [5.41, 5.74) is 4.63. The summed E-state index contributed by atoms with van der Waals surface area (Å²) in [4.78, 5) is 25.9. The van der Waals surface area contributed by atoms with E-state index in [1.165, 1.54) is 11.8 Å². The lowest BCUT2D eigenvalue weighted by Crippen LogP contribution is -2.23. The maximum Gasteiger partial charge on any atom is 0.237 e. The van der Waals surface area contributed by atoms with Gasteiger partial charge in [-0.1, -0.05) is 41.9 Å². The summed E-state index contributed by atoms with van der Waals surface area (Å²) in [7, 11) is 0. The minimum atomic E-state index is -0.292. The van der Waals surface area contributed by atoms with Crippen molar-refractivity contribution >= 4 is 46.6 Å². The number of hydrogen-bond donors (Lipinski definition) is 2. The van der Waals surface area contributed by atoms with Crippen LogP contribution in [0.5, 0.6) is 0 Å². The van der Waals surface area contributed by atoms with Crippen molar-refractivity contribution in [1.82, 2.24) is 0 Å². The van der Waals surface area contributed by atoms with Gasteiger partial charge in [0, 0.05) is 21.3 Å². The van der Waals surface area contributed by atoms with E-state index in [0.29, 0.717) is 10.7 Å². The summed E-state index contributed by atoms with van der Waals surface area (Å²) in [6.07, 6.45) is 0.267. The van der Waals surface area contributed by atoms with E-state index in [4.69, 9.17) is 11.6 Å². The Balaban J connectivity index is 1.59. The van der Waals surface area contributed by atoms with Crippen molar-refractivity contribution in [3.63, 3.8) is 0 Å². The Bertz CT molecular complexity index is 1080. The number of nitrogens with one attached hydrogen (secondary N) is 2. The number of anilines is 2. The van der Waals surface area contributed by atoms with Crippen molar-refractivity contribution < 1.29 is 9.59 Å². The van der Waals surface area contributed by atoms with E-state index >= 15 is 0 Å². The highest BCUT2D eigenvalue weighted by molar-refractivity contribution is 8.00. The standard InChI is InChI=1S/C25H25ClN2O2S/c1-16-6-4-9-23(17(16)2)28-25(30)18(3)31-22-8-5-7-21(15-22)27-24(29)14-19-10-12-20(26)13-11-19/h4-13,15,18H,14H2,1-3H3,(H,27,29)(H,28,30). The molecule has 0 saturated heterocycles. The fraction of sp³-hybridized carbons (Fsp3) is 0.200. The first-order chi connectivity index (χ1) is 14.8. The molecule has 1 atom stereocenters. The quantitative estimate of drug-likeness (QED) is 0.416. The second-order valence-corrected chi connectivity index (χ2v) is 9.23. The number of halogens is 1. The molecule has 0 fully saturated rings. The summed E-state index contributed by atoms with van der Waals surface area (Å²) in [5, 5.41) is 6.28. The van der Waals surface area contributed by atoms with Gasteiger partial charge in [0.25, 0.3) is 0 Å². The van der Waals surface area contributed by atoms with Crippen LogP contribution >= 0.6 is 23.4 Å². The van der Waals surface area contributed by atoms with Gasteiger partial charge in [-0.3, -0.25) is 9.59 Å². The number of rotatable bonds is 7. The van der Waals surface area contributed by atoms with Crippen molar-refractivity contribution in [1.29, 1.82) is 0 Å². The van der Waals surface area contributed by atoms with Gasteiger partial charge in [-0.15, -0.1) is 11.8 Å². The van der Waals surface area contributed by atoms with Crippen LogP contribution in [-0.2, 0) is 16.0 Å². The summed E-state index contributed by atoms with van der Waals surface area (Å²) < 4.78 is 0. The predicted octanol–water partition coefficient (Wildman–Crippen LogP) is 6.26. The normalized spacial score (nSPS) is 11.6. The van der Waals surface area contributed by atoms with Crippen molar-refractivity contribution in [3.05, 3.63) is 88.4 Å². The van der Waals surface area contributed by atoms with E-state index in [9.17, 15) is 9.59 Å². The zero-order valence-corrected chi connectivity index (χ0v) is 19.3. The first-order valence-electron chi connectivity index (χ1n) is 10.00. The molecule has 0 saturated carbocycles. The smallest absolute Gasteiger partial charge is 0.237 e. The molecule has 2 N–H and O–H groups in total. The fourth-order valence-corrected chi connectivity index (χ4v) is 4.07. The highest BCUT2D eigenvalue weighted by Gasteiger charge is 2.16. The lowest BCUT2D eigenvalue weighted by molar-refractivity contribution is -0.116. The monoisotopic (exact) mass is 452 g/mol. The lowest BCUT2D eigenvalue weighted by atomic mass is 10.1. The van der Waals surface area contributed by atoms with Crippen LogP contribution in [0.2, 0.25) is 5.02 Å².